The maximum atomic E-state index is 5.26. The monoisotopic (exact) mass is 169 g/mol. The highest BCUT2D eigenvalue weighted by Gasteiger charge is 2.29. The molecule has 1 aliphatic heterocycles. The van der Waals surface area contributed by atoms with Crippen LogP contribution in [0.25, 0.3) is 0 Å². The maximum Gasteiger partial charge on any atom is 0.0936 e. The van der Waals surface area contributed by atoms with Gasteiger partial charge >= 0.3 is 0 Å². The van der Waals surface area contributed by atoms with Crippen LogP contribution in [-0.2, 0) is 4.74 Å². The zero-order valence-electron chi connectivity index (χ0n) is 7.96. The highest BCUT2D eigenvalue weighted by molar-refractivity contribution is 4.81. The molecule has 2 rings (SSSR count). The Hall–Kier alpha value is -0.0800. The summed E-state index contributed by atoms with van der Waals surface area (Å²) in [5, 5.41) is 0. The molecule has 1 saturated carbocycles. The summed E-state index contributed by atoms with van der Waals surface area (Å²) in [5.41, 5.74) is 0. The van der Waals surface area contributed by atoms with Crippen molar-refractivity contribution in [1.29, 1.82) is 0 Å². The molecule has 0 radical (unpaired) electrons. The van der Waals surface area contributed by atoms with Gasteiger partial charge in [-0.1, -0.05) is 19.8 Å². The highest BCUT2D eigenvalue weighted by Crippen LogP contribution is 2.24. The van der Waals surface area contributed by atoms with Gasteiger partial charge in [0.05, 0.1) is 12.7 Å². The fourth-order valence-electron chi connectivity index (χ4n) is 2.24. The van der Waals surface area contributed by atoms with E-state index in [4.69, 9.17) is 4.74 Å². The standard InChI is InChI=1S/C10H19NO/c1-2-11(7-10-8-12-10)9-5-3-4-6-9/h9-10H,2-8H2,1H3. The molecule has 0 bridgehead atoms. The SMILES string of the molecule is CCN(CC1CO1)C1CCCC1. The number of ether oxygens (including phenoxy) is 1. The third kappa shape index (κ3) is 1.99. The molecule has 0 amide bonds. The van der Waals surface area contributed by atoms with Crippen molar-refractivity contribution in [1.82, 2.24) is 4.90 Å². The second-order valence-electron chi connectivity index (χ2n) is 3.98. The van der Waals surface area contributed by atoms with Crippen molar-refractivity contribution in [3.63, 3.8) is 0 Å². The zero-order valence-corrected chi connectivity index (χ0v) is 7.96. The van der Waals surface area contributed by atoms with Crippen molar-refractivity contribution in [3.05, 3.63) is 0 Å². The minimum absolute atomic E-state index is 0.575. The summed E-state index contributed by atoms with van der Waals surface area (Å²) in [6.07, 6.45) is 6.28. The fourth-order valence-corrected chi connectivity index (χ4v) is 2.24. The average molecular weight is 169 g/mol. The summed E-state index contributed by atoms with van der Waals surface area (Å²) in [7, 11) is 0. The van der Waals surface area contributed by atoms with Crippen LogP contribution in [0, 0.1) is 0 Å². The number of hydrogen-bond acceptors (Lipinski definition) is 2. The first-order valence-electron chi connectivity index (χ1n) is 5.26. The lowest BCUT2D eigenvalue weighted by molar-refractivity contribution is 0.189. The Balaban J connectivity index is 1.78. The molecule has 2 heteroatoms. The van der Waals surface area contributed by atoms with Crippen molar-refractivity contribution >= 4 is 0 Å². The van der Waals surface area contributed by atoms with Crippen LogP contribution in [-0.4, -0.2) is 36.7 Å². The molecule has 2 nitrogen and oxygen atoms in total. The van der Waals surface area contributed by atoms with Gasteiger partial charge < -0.3 is 4.74 Å². The van der Waals surface area contributed by atoms with Gasteiger partial charge in [0.25, 0.3) is 0 Å². The van der Waals surface area contributed by atoms with Gasteiger partial charge in [-0.05, 0) is 19.4 Å². The minimum atomic E-state index is 0.575. The molecular formula is C10H19NO. The van der Waals surface area contributed by atoms with Crippen LogP contribution in [0.15, 0.2) is 0 Å². The molecule has 0 aromatic carbocycles. The third-order valence-corrected chi connectivity index (χ3v) is 3.09. The molecule has 0 spiro atoms. The van der Waals surface area contributed by atoms with Crippen molar-refractivity contribution in [3.8, 4) is 0 Å². The summed E-state index contributed by atoms with van der Waals surface area (Å²) in [6.45, 7) is 5.65. The molecule has 2 aliphatic rings. The van der Waals surface area contributed by atoms with E-state index < -0.39 is 0 Å². The van der Waals surface area contributed by atoms with E-state index in [0.29, 0.717) is 6.10 Å². The second kappa shape index (κ2) is 3.75. The van der Waals surface area contributed by atoms with E-state index in [1.165, 1.54) is 38.8 Å². The Morgan fingerprint density at radius 1 is 1.33 bits per heavy atom. The first kappa shape index (κ1) is 8.52. The molecule has 0 aromatic rings. The first-order valence-corrected chi connectivity index (χ1v) is 5.26. The number of likely N-dealkylation sites (N-methyl/N-ethyl adjacent to an activating group) is 1. The van der Waals surface area contributed by atoms with Crippen LogP contribution in [0.2, 0.25) is 0 Å². The molecule has 0 aromatic heterocycles. The molecule has 1 atom stereocenters. The lowest BCUT2D eigenvalue weighted by Crippen LogP contribution is -2.36. The van der Waals surface area contributed by atoms with E-state index in [1.54, 1.807) is 0 Å². The summed E-state index contributed by atoms with van der Waals surface area (Å²) in [5.74, 6) is 0. The van der Waals surface area contributed by atoms with Crippen molar-refractivity contribution in [2.45, 2.75) is 44.8 Å². The Kier molecular flexibility index (Phi) is 2.66. The van der Waals surface area contributed by atoms with Crippen LogP contribution in [0.3, 0.4) is 0 Å². The number of hydrogen-bond donors (Lipinski definition) is 0. The van der Waals surface area contributed by atoms with E-state index in [0.717, 1.165) is 12.6 Å². The first-order chi connectivity index (χ1) is 5.90. The van der Waals surface area contributed by atoms with Gasteiger partial charge in [-0.3, -0.25) is 4.90 Å². The average Bonchev–Trinajstić information content (AvgIpc) is 2.74. The number of nitrogens with zero attached hydrogens (tertiary/aromatic N) is 1. The van der Waals surface area contributed by atoms with Gasteiger partial charge in [0.1, 0.15) is 0 Å². The van der Waals surface area contributed by atoms with Gasteiger partial charge in [-0.25, -0.2) is 0 Å². The predicted molar refractivity (Wildman–Crippen MR) is 49.2 cm³/mol. The van der Waals surface area contributed by atoms with Gasteiger partial charge in [0.15, 0.2) is 0 Å². The van der Waals surface area contributed by atoms with E-state index in [-0.39, 0.29) is 0 Å². The van der Waals surface area contributed by atoms with Crippen LogP contribution in [0.4, 0.5) is 0 Å². The van der Waals surface area contributed by atoms with E-state index in [2.05, 4.69) is 11.8 Å². The number of epoxide rings is 1. The summed E-state index contributed by atoms with van der Waals surface area (Å²) >= 11 is 0. The molecule has 1 aliphatic carbocycles. The summed E-state index contributed by atoms with van der Waals surface area (Å²) in [4.78, 5) is 2.60. The van der Waals surface area contributed by atoms with Crippen LogP contribution in [0.5, 0.6) is 0 Å². The number of rotatable bonds is 4. The largest absolute Gasteiger partial charge is 0.372 e. The zero-order chi connectivity index (χ0) is 8.39. The molecule has 2 fully saturated rings. The molecule has 1 unspecified atom stereocenters. The van der Waals surface area contributed by atoms with Gasteiger partial charge in [-0.15, -0.1) is 0 Å². The predicted octanol–water partition coefficient (Wildman–Crippen LogP) is 1.65. The van der Waals surface area contributed by atoms with Crippen LogP contribution < -0.4 is 0 Å². The molecule has 0 N–H and O–H groups in total. The lowest BCUT2D eigenvalue weighted by atomic mass is 10.2. The second-order valence-corrected chi connectivity index (χ2v) is 3.98. The van der Waals surface area contributed by atoms with Crippen molar-refractivity contribution in [2.24, 2.45) is 0 Å². The minimum Gasteiger partial charge on any atom is -0.372 e. The quantitative estimate of drug-likeness (QED) is 0.595. The van der Waals surface area contributed by atoms with Crippen LogP contribution in [0.1, 0.15) is 32.6 Å². The van der Waals surface area contributed by atoms with E-state index in [1.807, 2.05) is 0 Å². The fraction of sp³-hybridized carbons (Fsp3) is 1.00. The molecule has 12 heavy (non-hydrogen) atoms. The van der Waals surface area contributed by atoms with Crippen LogP contribution >= 0.6 is 0 Å². The smallest absolute Gasteiger partial charge is 0.0936 e. The molecular weight excluding hydrogens is 150 g/mol. The Bertz CT molecular complexity index is 139. The Labute approximate surface area is 74.9 Å². The molecule has 1 heterocycles. The van der Waals surface area contributed by atoms with Gasteiger partial charge in [0.2, 0.25) is 0 Å². The summed E-state index contributed by atoms with van der Waals surface area (Å²) < 4.78 is 5.26. The Morgan fingerprint density at radius 3 is 2.50 bits per heavy atom. The topological polar surface area (TPSA) is 15.8 Å². The highest BCUT2D eigenvalue weighted by atomic mass is 16.6. The van der Waals surface area contributed by atoms with Crippen molar-refractivity contribution in [2.75, 3.05) is 19.7 Å². The van der Waals surface area contributed by atoms with Gasteiger partial charge in [-0.2, -0.15) is 0 Å². The molecule has 70 valence electrons. The third-order valence-electron chi connectivity index (χ3n) is 3.09. The van der Waals surface area contributed by atoms with Crippen molar-refractivity contribution < 1.29 is 4.74 Å². The van der Waals surface area contributed by atoms with E-state index in [9.17, 15) is 0 Å². The van der Waals surface area contributed by atoms with E-state index >= 15 is 0 Å². The maximum absolute atomic E-state index is 5.26. The van der Waals surface area contributed by atoms with Gasteiger partial charge in [0, 0.05) is 12.6 Å². The lowest BCUT2D eigenvalue weighted by Gasteiger charge is -2.26. The summed E-state index contributed by atoms with van der Waals surface area (Å²) in [6, 6.07) is 0.874. The Morgan fingerprint density at radius 2 is 2.00 bits per heavy atom. The molecule has 1 saturated heterocycles. The normalized spacial score (nSPS) is 30.0.